The Morgan fingerprint density at radius 1 is 1.29 bits per heavy atom. The molecule has 114 valence electrons. The van der Waals surface area contributed by atoms with Gasteiger partial charge in [-0.25, -0.2) is 4.79 Å². The van der Waals surface area contributed by atoms with Crippen molar-refractivity contribution in [2.24, 2.45) is 0 Å². The first-order valence-electron chi connectivity index (χ1n) is 5.78. The van der Waals surface area contributed by atoms with Crippen molar-refractivity contribution in [2.75, 3.05) is 14.2 Å². The van der Waals surface area contributed by atoms with E-state index in [2.05, 4.69) is 9.72 Å². The summed E-state index contributed by atoms with van der Waals surface area (Å²) in [5.74, 6) is -1.52. The first-order chi connectivity index (χ1) is 9.75. The summed E-state index contributed by atoms with van der Waals surface area (Å²) in [5.41, 5.74) is -4.08. The molecule has 2 rings (SSSR count). The van der Waals surface area contributed by atoms with Gasteiger partial charge < -0.3 is 19.6 Å². The van der Waals surface area contributed by atoms with Crippen LogP contribution in [0.25, 0.3) is 10.9 Å². The number of benzene rings is 1. The Morgan fingerprint density at radius 3 is 2.48 bits per heavy atom. The fraction of sp³-hybridized carbons (Fsp3) is 0.308. The largest absolute Gasteiger partial charge is 0.497 e. The van der Waals surface area contributed by atoms with Crippen molar-refractivity contribution in [3.63, 3.8) is 0 Å². The van der Waals surface area contributed by atoms with Crippen LogP contribution in [0.3, 0.4) is 0 Å². The van der Waals surface area contributed by atoms with Gasteiger partial charge in [-0.2, -0.15) is 13.2 Å². The molecule has 1 atom stereocenters. The molecule has 21 heavy (non-hydrogen) atoms. The molecule has 1 aromatic heterocycles. The lowest BCUT2D eigenvalue weighted by atomic mass is 9.92. The van der Waals surface area contributed by atoms with E-state index in [1.165, 1.54) is 25.3 Å². The second kappa shape index (κ2) is 4.96. The van der Waals surface area contributed by atoms with Gasteiger partial charge in [-0.05, 0) is 18.2 Å². The van der Waals surface area contributed by atoms with Crippen molar-refractivity contribution in [3.05, 3.63) is 30.0 Å². The summed E-state index contributed by atoms with van der Waals surface area (Å²) in [7, 11) is 2.12. The molecule has 0 radical (unpaired) electrons. The number of methoxy groups -OCH3 is 2. The van der Waals surface area contributed by atoms with Crippen LogP contribution in [0.1, 0.15) is 5.56 Å². The van der Waals surface area contributed by atoms with Crippen LogP contribution in [0.2, 0.25) is 0 Å². The number of carbonyl (C=O) groups excluding carboxylic acids is 1. The number of alkyl halides is 3. The smallest absolute Gasteiger partial charge is 0.432 e. The van der Waals surface area contributed by atoms with E-state index in [4.69, 9.17) is 4.74 Å². The number of rotatable bonds is 3. The maximum atomic E-state index is 13.2. The number of aromatic nitrogens is 1. The van der Waals surface area contributed by atoms with E-state index in [0.29, 0.717) is 5.52 Å². The summed E-state index contributed by atoms with van der Waals surface area (Å²) < 4.78 is 48.7. The Kier molecular flexibility index (Phi) is 3.58. The van der Waals surface area contributed by atoms with E-state index in [0.717, 1.165) is 13.3 Å². The highest BCUT2D eigenvalue weighted by atomic mass is 19.4. The fourth-order valence-electron chi connectivity index (χ4n) is 2.05. The minimum absolute atomic E-state index is 0.0135. The standard InChI is InChI=1S/C13H12F3NO4/c1-20-7-3-4-10-8(5-7)9(6-17-10)12(19,11(18)21-2)13(14,15)16/h3-6,17,19H,1-2H3/t12-/m1/s1. The lowest BCUT2D eigenvalue weighted by Crippen LogP contribution is -2.49. The topological polar surface area (TPSA) is 71.5 Å². The van der Waals surface area contributed by atoms with Gasteiger partial charge in [-0.3, -0.25) is 0 Å². The molecule has 8 heteroatoms. The number of hydrogen-bond donors (Lipinski definition) is 2. The number of nitrogens with one attached hydrogen (secondary N) is 1. The first-order valence-corrected chi connectivity index (χ1v) is 5.78. The van der Waals surface area contributed by atoms with Crippen molar-refractivity contribution in [2.45, 2.75) is 11.8 Å². The summed E-state index contributed by atoms with van der Waals surface area (Å²) >= 11 is 0. The van der Waals surface area contributed by atoms with Gasteiger partial charge in [-0.15, -0.1) is 0 Å². The highest BCUT2D eigenvalue weighted by molar-refractivity contribution is 5.92. The molecule has 1 aromatic carbocycles. The Hall–Kier alpha value is -2.22. The summed E-state index contributed by atoms with van der Waals surface area (Å²) in [6.07, 6.45) is -4.31. The van der Waals surface area contributed by atoms with Crippen LogP contribution in [0.15, 0.2) is 24.4 Å². The van der Waals surface area contributed by atoms with E-state index in [-0.39, 0.29) is 11.1 Å². The maximum Gasteiger partial charge on any atom is 0.432 e. The van der Waals surface area contributed by atoms with Crippen LogP contribution >= 0.6 is 0 Å². The zero-order chi connectivity index (χ0) is 15.8. The second-order valence-electron chi connectivity index (χ2n) is 4.31. The Morgan fingerprint density at radius 2 is 1.95 bits per heavy atom. The van der Waals surface area contributed by atoms with Gasteiger partial charge in [-0.1, -0.05) is 0 Å². The van der Waals surface area contributed by atoms with Crippen LogP contribution in [-0.2, 0) is 15.1 Å². The minimum Gasteiger partial charge on any atom is -0.497 e. The minimum atomic E-state index is -5.24. The molecule has 0 saturated carbocycles. The quantitative estimate of drug-likeness (QED) is 0.852. The van der Waals surface area contributed by atoms with Crippen molar-refractivity contribution < 1.29 is 32.5 Å². The molecule has 0 aliphatic heterocycles. The fourth-order valence-corrected chi connectivity index (χ4v) is 2.05. The lowest BCUT2D eigenvalue weighted by molar-refractivity contribution is -0.266. The van der Waals surface area contributed by atoms with E-state index in [1.807, 2.05) is 0 Å². The van der Waals surface area contributed by atoms with Crippen molar-refractivity contribution in [1.82, 2.24) is 4.98 Å². The van der Waals surface area contributed by atoms with Gasteiger partial charge in [0.15, 0.2) is 0 Å². The Labute approximate surface area is 117 Å². The Bertz CT molecular complexity index is 680. The molecule has 0 aliphatic rings. The molecule has 0 fully saturated rings. The Balaban J connectivity index is 2.74. The molecule has 0 saturated heterocycles. The van der Waals surface area contributed by atoms with Gasteiger partial charge in [0, 0.05) is 22.7 Å². The molecule has 2 aromatic rings. The number of fused-ring (bicyclic) bond motifs is 1. The monoisotopic (exact) mass is 303 g/mol. The predicted octanol–water partition coefficient (Wildman–Crippen LogP) is 2.10. The van der Waals surface area contributed by atoms with Gasteiger partial charge in [0.25, 0.3) is 5.60 Å². The summed E-state index contributed by atoms with van der Waals surface area (Å²) in [6.45, 7) is 0. The van der Waals surface area contributed by atoms with Crippen LogP contribution in [0.5, 0.6) is 5.75 Å². The molecular formula is C13H12F3NO4. The predicted molar refractivity (Wildman–Crippen MR) is 66.8 cm³/mol. The van der Waals surface area contributed by atoms with Crippen molar-refractivity contribution >= 4 is 16.9 Å². The van der Waals surface area contributed by atoms with E-state index >= 15 is 0 Å². The summed E-state index contributed by atoms with van der Waals surface area (Å²) in [5, 5.41) is 9.99. The van der Waals surface area contributed by atoms with Crippen LogP contribution in [-0.4, -0.2) is 36.5 Å². The summed E-state index contributed by atoms with van der Waals surface area (Å²) in [4.78, 5) is 14.1. The van der Waals surface area contributed by atoms with E-state index in [9.17, 15) is 23.1 Å². The van der Waals surface area contributed by atoms with E-state index < -0.39 is 23.3 Å². The molecule has 0 unspecified atom stereocenters. The van der Waals surface area contributed by atoms with Gasteiger partial charge in [0.05, 0.1) is 14.2 Å². The maximum absolute atomic E-state index is 13.2. The number of H-pyrrole nitrogens is 1. The molecule has 1 heterocycles. The van der Waals surface area contributed by atoms with Gasteiger partial charge in [0.1, 0.15) is 5.75 Å². The molecule has 2 N–H and O–H groups in total. The lowest BCUT2D eigenvalue weighted by Gasteiger charge is -2.27. The number of ether oxygens (including phenoxy) is 2. The average molecular weight is 303 g/mol. The number of hydrogen-bond acceptors (Lipinski definition) is 4. The molecule has 0 spiro atoms. The molecule has 0 bridgehead atoms. The second-order valence-corrected chi connectivity index (χ2v) is 4.31. The van der Waals surface area contributed by atoms with Crippen LogP contribution in [0.4, 0.5) is 13.2 Å². The normalized spacial score (nSPS) is 14.8. The summed E-state index contributed by atoms with van der Waals surface area (Å²) in [6, 6.07) is 4.31. The average Bonchev–Trinajstić information content (AvgIpc) is 2.87. The zero-order valence-electron chi connectivity index (χ0n) is 11.1. The molecule has 0 amide bonds. The van der Waals surface area contributed by atoms with Crippen LogP contribution < -0.4 is 4.74 Å². The van der Waals surface area contributed by atoms with Gasteiger partial charge in [0.2, 0.25) is 0 Å². The van der Waals surface area contributed by atoms with Gasteiger partial charge >= 0.3 is 12.1 Å². The van der Waals surface area contributed by atoms with Crippen molar-refractivity contribution in [1.29, 1.82) is 0 Å². The number of aliphatic hydroxyl groups is 1. The first kappa shape index (κ1) is 15.2. The SMILES string of the molecule is COC(=O)[C@](O)(c1c[nH]c2ccc(OC)cc12)C(F)(F)F. The molecule has 0 aliphatic carbocycles. The van der Waals surface area contributed by atoms with Crippen LogP contribution in [0, 0.1) is 0 Å². The third kappa shape index (κ3) is 2.21. The highest BCUT2D eigenvalue weighted by Crippen LogP contribution is 2.43. The third-order valence-corrected chi connectivity index (χ3v) is 3.17. The number of aromatic amines is 1. The number of carbonyl (C=O) groups is 1. The number of halogens is 3. The molecular weight excluding hydrogens is 291 g/mol. The van der Waals surface area contributed by atoms with Crippen molar-refractivity contribution in [3.8, 4) is 5.75 Å². The number of esters is 1. The van der Waals surface area contributed by atoms with E-state index in [1.54, 1.807) is 0 Å². The third-order valence-electron chi connectivity index (χ3n) is 3.17. The zero-order valence-corrected chi connectivity index (χ0v) is 11.1. The highest BCUT2D eigenvalue weighted by Gasteiger charge is 2.63. The molecule has 5 nitrogen and oxygen atoms in total.